The van der Waals surface area contributed by atoms with Crippen LogP contribution in [0, 0.1) is 11.8 Å². The molecule has 2 N–H and O–H groups in total. The monoisotopic (exact) mass is 368 g/mol. The molecule has 144 valence electrons. The van der Waals surface area contributed by atoms with E-state index < -0.39 is 0 Å². The Labute approximate surface area is 161 Å². The number of carbonyl (C=O) groups is 2. The molecule has 5 heteroatoms. The van der Waals surface area contributed by atoms with Crippen molar-refractivity contribution in [1.29, 1.82) is 0 Å². The summed E-state index contributed by atoms with van der Waals surface area (Å²) in [5, 5.41) is 5.77. The minimum Gasteiger partial charge on any atom is -0.457 e. The van der Waals surface area contributed by atoms with Gasteiger partial charge in [0.2, 0.25) is 0 Å². The molecule has 0 aliphatic rings. The molecule has 2 rings (SSSR count). The van der Waals surface area contributed by atoms with Crippen LogP contribution in [-0.2, 0) is 0 Å². The molecule has 0 aliphatic carbocycles. The minimum absolute atomic E-state index is 0.0907. The van der Waals surface area contributed by atoms with Crippen molar-refractivity contribution in [3.8, 4) is 11.5 Å². The Balaban J connectivity index is 1.93. The molecule has 0 unspecified atom stereocenters. The quantitative estimate of drug-likeness (QED) is 0.732. The van der Waals surface area contributed by atoms with Crippen molar-refractivity contribution in [3.63, 3.8) is 0 Å². The average Bonchev–Trinajstić information content (AvgIpc) is 2.65. The lowest BCUT2D eigenvalue weighted by Crippen LogP contribution is -2.27. The molecule has 2 aromatic rings. The van der Waals surface area contributed by atoms with Crippen LogP contribution in [0.15, 0.2) is 48.5 Å². The largest absolute Gasteiger partial charge is 0.457 e. The third kappa shape index (κ3) is 6.77. The lowest BCUT2D eigenvalue weighted by atomic mass is 10.1. The molecule has 2 aromatic carbocycles. The molecule has 2 amide bonds. The van der Waals surface area contributed by atoms with Crippen LogP contribution < -0.4 is 15.4 Å². The summed E-state index contributed by atoms with van der Waals surface area (Å²) in [4.78, 5) is 24.1. The predicted octanol–water partition coefficient (Wildman–Crippen LogP) is 4.25. The van der Waals surface area contributed by atoms with Gasteiger partial charge in [-0.2, -0.15) is 0 Å². The molecule has 5 nitrogen and oxygen atoms in total. The fourth-order valence-corrected chi connectivity index (χ4v) is 2.28. The first-order valence-electron chi connectivity index (χ1n) is 9.29. The smallest absolute Gasteiger partial charge is 0.251 e. The molecule has 0 saturated carbocycles. The van der Waals surface area contributed by atoms with Crippen LogP contribution in [0.5, 0.6) is 11.5 Å². The Hall–Kier alpha value is -2.82. The van der Waals surface area contributed by atoms with Gasteiger partial charge in [-0.05, 0) is 60.4 Å². The fraction of sp³-hybridized carbons (Fsp3) is 0.364. The van der Waals surface area contributed by atoms with Crippen LogP contribution >= 0.6 is 0 Å². The van der Waals surface area contributed by atoms with Crippen LogP contribution in [0.2, 0.25) is 0 Å². The van der Waals surface area contributed by atoms with Gasteiger partial charge in [0.05, 0.1) is 0 Å². The number of ether oxygens (including phenoxy) is 1. The number of carbonyl (C=O) groups excluding carboxylic acids is 2. The van der Waals surface area contributed by atoms with E-state index in [4.69, 9.17) is 4.74 Å². The average molecular weight is 368 g/mol. The van der Waals surface area contributed by atoms with Gasteiger partial charge < -0.3 is 15.4 Å². The number of benzene rings is 2. The highest BCUT2D eigenvalue weighted by molar-refractivity contribution is 5.94. The van der Waals surface area contributed by atoms with Crippen LogP contribution in [0.25, 0.3) is 0 Å². The van der Waals surface area contributed by atoms with Gasteiger partial charge >= 0.3 is 0 Å². The Morgan fingerprint density at radius 3 is 1.33 bits per heavy atom. The highest BCUT2D eigenvalue weighted by Gasteiger charge is 2.08. The maximum absolute atomic E-state index is 12.0. The maximum Gasteiger partial charge on any atom is 0.251 e. The van der Waals surface area contributed by atoms with Gasteiger partial charge in [-0.1, -0.05) is 27.7 Å². The lowest BCUT2D eigenvalue weighted by Gasteiger charge is -2.10. The van der Waals surface area contributed by atoms with Gasteiger partial charge in [-0.25, -0.2) is 0 Å². The number of hydrogen-bond acceptors (Lipinski definition) is 3. The number of rotatable bonds is 8. The topological polar surface area (TPSA) is 67.4 Å². The normalized spacial score (nSPS) is 10.7. The molecule has 0 atom stereocenters. The molecule has 0 spiro atoms. The van der Waals surface area contributed by atoms with Gasteiger partial charge in [0.1, 0.15) is 11.5 Å². The van der Waals surface area contributed by atoms with Gasteiger partial charge in [-0.15, -0.1) is 0 Å². The van der Waals surface area contributed by atoms with Crippen molar-refractivity contribution in [2.75, 3.05) is 13.1 Å². The molecule has 0 radical (unpaired) electrons. The zero-order valence-corrected chi connectivity index (χ0v) is 16.4. The summed E-state index contributed by atoms with van der Waals surface area (Å²) in [6, 6.07) is 14.0. The molecule has 0 aromatic heterocycles. The van der Waals surface area contributed by atoms with E-state index in [9.17, 15) is 9.59 Å². The van der Waals surface area contributed by atoms with E-state index in [-0.39, 0.29) is 11.8 Å². The zero-order valence-electron chi connectivity index (χ0n) is 16.4. The zero-order chi connectivity index (χ0) is 19.8. The molecule has 0 heterocycles. The number of amides is 2. The highest BCUT2D eigenvalue weighted by atomic mass is 16.5. The Morgan fingerprint density at radius 1 is 0.704 bits per heavy atom. The van der Waals surface area contributed by atoms with E-state index in [0.717, 1.165) is 0 Å². The van der Waals surface area contributed by atoms with Crippen LogP contribution in [0.1, 0.15) is 48.4 Å². The van der Waals surface area contributed by atoms with Crippen LogP contribution in [0.3, 0.4) is 0 Å². The van der Waals surface area contributed by atoms with Gasteiger partial charge in [0, 0.05) is 24.2 Å². The lowest BCUT2D eigenvalue weighted by molar-refractivity contribution is 0.0941. The van der Waals surface area contributed by atoms with Crippen molar-refractivity contribution < 1.29 is 14.3 Å². The predicted molar refractivity (Wildman–Crippen MR) is 107 cm³/mol. The summed E-state index contributed by atoms with van der Waals surface area (Å²) in [7, 11) is 0. The standard InChI is InChI=1S/C22H28N2O3/c1-15(2)13-23-21(25)17-5-9-19(10-6-17)27-20-11-7-18(8-12-20)22(26)24-14-16(3)4/h5-12,15-16H,13-14H2,1-4H3,(H,23,25)(H,24,26). The summed E-state index contributed by atoms with van der Waals surface area (Å²) >= 11 is 0. The van der Waals surface area contributed by atoms with E-state index in [0.29, 0.717) is 47.6 Å². The summed E-state index contributed by atoms with van der Waals surface area (Å²) in [5.41, 5.74) is 1.19. The minimum atomic E-state index is -0.0907. The first-order chi connectivity index (χ1) is 12.8. The fourth-order valence-electron chi connectivity index (χ4n) is 2.28. The summed E-state index contributed by atoms with van der Waals surface area (Å²) < 4.78 is 5.78. The highest BCUT2D eigenvalue weighted by Crippen LogP contribution is 2.22. The van der Waals surface area contributed by atoms with E-state index in [1.165, 1.54) is 0 Å². The Morgan fingerprint density at radius 2 is 1.04 bits per heavy atom. The van der Waals surface area contributed by atoms with Gasteiger partial charge in [-0.3, -0.25) is 9.59 Å². The van der Waals surface area contributed by atoms with E-state index in [1.807, 2.05) is 0 Å². The van der Waals surface area contributed by atoms with Crippen molar-refractivity contribution in [2.45, 2.75) is 27.7 Å². The third-order valence-electron chi connectivity index (χ3n) is 3.81. The first-order valence-corrected chi connectivity index (χ1v) is 9.29. The van der Waals surface area contributed by atoms with Crippen molar-refractivity contribution in [1.82, 2.24) is 10.6 Å². The third-order valence-corrected chi connectivity index (χ3v) is 3.81. The summed E-state index contributed by atoms with van der Waals surface area (Å²) in [6.45, 7) is 9.50. The Kier molecular flexibility index (Phi) is 7.41. The molecular weight excluding hydrogens is 340 g/mol. The SMILES string of the molecule is CC(C)CNC(=O)c1ccc(Oc2ccc(C(=O)NCC(C)C)cc2)cc1. The summed E-state index contributed by atoms with van der Waals surface area (Å²) in [6.07, 6.45) is 0. The van der Waals surface area contributed by atoms with Crippen molar-refractivity contribution in [3.05, 3.63) is 59.7 Å². The molecule has 0 bridgehead atoms. The number of hydrogen-bond donors (Lipinski definition) is 2. The van der Waals surface area contributed by atoms with Crippen LogP contribution in [-0.4, -0.2) is 24.9 Å². The molecule has 0 saturated heterocycles. The van der Waals surface area contributed by atoms with Crippen molar-refractivity contribution in [2.24, 2.45) is 11.8 Å². The molecule has 27 heavy (non-hydrogen) atoms. The van der Waals surface area contributed by atoms with E-state index in [1.54, 1.807) is 48.5 Å². The van der Waals surface area contributed by atoms with E-state index >= 15 is 0 Å². The van der Waals surface area contributed by atoms with E-state index in [2.05, 4.69) is 38.3 Å². The maximum atomic E-state index is 12.0. The van der Waals surface area contributed by atoms with Crippen molar-refractivity contribution >= 4 is 11.8 Å². The second-order valence-corrected chi connectivity index (χ2v) is 7.36. The summed E-state index contributed by atoms with van der Waals surface area (Å²) in [5.74, 6) is 1.90. The molecule has 0 aliphatic heterocycles. The Bertz CT molecular complexity index is 685. The molecular formula is C22H28N2O3. The van der Waals surface area contributed by atoms with Crippen LogP contribution in [0.4, 0.5) is 0 Å². The second kappa shape index (κ2) is 9.76. The first kappa shape index (κ1) is 20.5. The number of nitrogens with one attached hydrogen (secondary N) is 2. The second-order valence-electron chi connectivity index (χ2n) is 7.36. The van der Waals surface area contributed by atoms with Gasteiger partial charge in [0.25, 0.3) is 11.8 Å². The van der Waals surface area contributed by atoms with Gasteiger partial charge in [0.15, 0.2) is 0 Å². The molecule has 0 fully saturated rings.